The third kappa shape index (κ3) is 2.57. The molecule has 0 saturated heterocycles. The standard InChI is InChI=1S/C17H14O2S2/c1-3-19-17(18)11-5-6-12-15(9-11)21-14-7-4-10(2)8-13(14)16(12)20/h4-9H,3H2,1-2H3. The van der Waals surface area contributed by atoms with Crippen LogP contribution in [0.1, 0.15) is 22.8 Å². The van der Waals surface area contributed by atoms with Gasteiger partial charge < -0.3 is 4.74 Å². The Kier molecular flexibility index (Phi) is 3.74. The van der Waals surface area contributed by atoms with E-state index in [1.54, 1.807) is 24.3 Å². The quantitative estimate of drug-likeness (QED) is 0.366. The average Bonchev–Trinajstić information content (AvgIpc) is 2.48. The van der Waals surface area contributed by atoms with Gasteiger partial charge in [-0.3, -0.25) is 0 Å². The van der Waals surface area contributed by atoms with E-state index >= 15 is 0 Å². The van der Waals surface area contributed by atoms with Crippen LogP contribution in [-0.2, 0) is 4.74 Å². The molecule has 0 atom stereocenters. The van der Waals surface area contributed by atoms with E-state index in [2.05, 4.69) is 25.1 Å². The highest BCUT2D eigenvalue weighted by Crippen LogP contribution is 2.31. The van der Waals surface area contributed by atoms with Gasteiger partial charge in [0.25, 0.3) is 0 Å². The maximum atomic E-state index is 11.8. The highest BCUT2D eigenvalue weighted by atomic mass is 32.1. The van der Waals surface area contributed by atoms with Gasteiger partial charge in [-0.15, -0.1) is 11.3 Å². The van der Waals surface area contributed by atoms with Crippen molar-refractivity contribution >= 4 is 49.7 Å². The summed E-state index contributed by atoms with van der Waals surface area (Å²) in [6.45, 7) is 4.25. The lowest BCUT2D eigenvalue weighted by Crippen LogP contribution is -2.04. The molecule has 3 aromatic rings. The van der Waals surface area contributed by atoms with Crippen LogP contribution < -0.4 is 0 Å². The molecular weight excluding hydrogens is 300 g/mol. The normalized spacial score (nSPS) is 11.0. The Morgan fingerprint density at radius 3 is 2.71 bits per heavy atom. The van der Waals surface area contributed by atoms with Gasteiger partial charge >= 0.3 is 5.97 Å². The van der Waals surface area contributed by atoms with E-state index in [0.29, 0.717) is 12.2 Å². The number of hydrogen-bond donors (Lipinski definition) is 0. The molecule has 0 unspecified atom stereocenters. The predicted molar refractivity (Wildman–Crippen MR) is 90.9 cm³/mol. The van der Waals surface area contributed by atoms with Crippen LogP contribution in [-0.4, -0.2) is 12.6 Å². The molecule has 21 heavy (non-hydrogen) atoms. The molecule has 2 nitrogen and oxygen atoms in total. The molecule has 0 bridgehead atoms. The van der Waals surface area contributed by atoms with Crippen molar-refractivity contribution in [2.45, 2.75) is 13.8 Å². The van der Waals surface area contributed by atoms with Crippen LogP contribution >= 0.6 is 23.6 Å². The molecule has 0 aliphatic heterocycles. The van der Waals surface area contributed by atoms with E-state index in [9.17, 15) is 4.79 Å². The summed E-state index contributed by atoms with van der Waals surface area (Å²) in [5.74, 6) is -0.290. The monoisotopic (exact) mass is 314 g/mol. The first kappa shape index (κ1) is 14.2. The second kappa shape index (κ2) is 5.54. The molecule has 0 saturated carbocycles. The number of aryl methyl sites for hydroxylation is 1. The molecule has 0 aliphatic rings. The Labute approximate surface area is 132 Å². The lowest BCUT2D eigenvalue weighted by molar-refractivity contribution is 0.0526. The molecular formula is C17H14O2S2. The van der Waals surface area contributed by atoms with E-state index in [4.69, 9.17) is 17.0 Å². The third-order valence-corrected chi connectivity index (χ3v) is 4.91. The van der Waals surface area contributed by atoms with E-state index in [-0.39, 0.29) is 5.97 Å². The minimum absolute atomic E-state index is 0.290. The summed E-state index contributed by atoms with van der Waals surface area (Å²) in [6.07, 6.45) is 0. The van der Waals surface area contributed by atoms with Crippen molar-refractivity contribution in [2.24, 2.45) is 0 Å². The minimum Gasteiger partial charge on any atom is -0.462 e. The van der Waals surface area contributed by atoms with Crippen LogP contribution in [0.2, 0.25) is 0 Å². The number of fused-ring (bicyclic) bond motifs is 2. The summed E-state index contributed by atoms with van der Waals surface area (Å²) < 4.78 is 8.05. The van der Waals surface area contributed by atoms with Crippen molar-refractivity contribution in [1.82, 2.24) is 0 Å². The lowest BCUT2D eigenvalue weighted by atomic mass is 10.1. The van der Waals surface area contributed by atoms with E-state index < -0.39 is 0 Å². The van der Waals surface area contributed by atoms with Crippen molar-refractivity contribution in [3.8, 4) is 0 Å². The summed E-state index contributed by atoms with van der Waals surface area (Å²) in [4.78, 5) is 11.8. The lowest BCUT2D eigenvalue weighted by Gasteiger charge is -2.06. The number of carbonyl (C=O) groups excluding carboxylic acids is 1. The molecule has 0 amide bonds. The van der Waals surface area contributed by atoms with Crippen molar-refractivity contribution in [1.29, 1.82) is 0 Å². The fourth-order valence-electron chi connectivity index (χ4n) is 2.31. The number of benzene rings is 2. The first-order valence-corrected chi connectivity index (χ1v) is 7.97. The summed E-state index contributed by atoms with van der Waals surface area (Å²) in [7, 11) is 0. The Hall–Kier alpha value is -1.78. The molecule has 0 aliphatic carbocycles. The molecule has 106 valence electrons. The van der Waals surface area contributed by atoms with Crippen LogP contribution in [0, 0.1) is 11.4 Å². The van der Waals surface area contributed by atoms with E-state index in [1.165, 1.54) is 5.56 Å². The topological polar surface area (TPSA) is 26.3 Å². The number of rotatable bonds is 2. The fraction of sp³-hybridized carbons (Fsp3) is 0.176. The van der Waals surface area contributed by atoms with Gasteiger partial charge in [0.2, 0.25) is 0 Å². The molecule has 0 spiro atoms. The van der Waals surface area contributed by atoms with Crippen LogP contribution in [0.15, 0.2) is 36.4 Å². The van der Waals surface area contributed by atoms with Gasteiger partial charge in [-0.1, -0.05) is 29.9 Å². The van der Waals surface area contributed by atoms with Crippen molar-refractivity contribution in [3.63, 3.8) is 0 Å². The van der Waals surface area contributed by atoms with Crippen molar-refractivity contribution < 1.29 is 9.53 Å². The predicted octanol–water partition coefficient (Wildman–Crippen LogP) is 5.27. The largest absolute Gasteiger partial charge is 0.462 e. The van der Waals surface area contributed by atoms with Crippen LogP contribution in [0.5, 0.6) is 0 Å². The molecule has 2 aromatic carbocycles. The van der Waals surface area contributed by atoms with Crippen LogP contribution in [0.4, 0.5) is 0 Å². The Balaban J connectivity index is 2.27. The molecule has 1 aromatic heterocycles. The zero-order chi connectivity index (χ0) is 15.0. The zero-order valence-corrected chi connectivity index (χ0v) is 13.4. The van der Waals surface area contributed by atoms with Crippen LogP contribution in [0.25, 0.3) is 20.2 Å². The highest BCUT2D eigenvalue weighted by molar-refractivity contribution is 7.72. The maximum Gasteiger partial charge on any atom is 0.338 e. The first-order valence-electron chi connectivity index (χ1n) is 6.74. The van der Waals surface area contributed by atoms with Gasteiger partial charge in [0, 0.05) is 20.2 Å². The van der Waals surface area contributed by atoms with Gasteiger partial charge in [0.05, 0.1) is 16.7 Å². The third-order valence-electron chi connectivity index (χ3n) is 3.34. The van der Waals surface area contributed by atoms with Crippen molar-refractivity contribution in [3.05, 3.63) is 52.0 Å². The smallest absolute Gasteiger partial charge is 0.338 e. The second-order valence-corrected chi connectivity index (χ2v) is 6.35. The van der Waals surface area contributed by atoms with Crippen LogP contribution in [0.3, 0.4) is 0 Å². The average molecular weight is 314 g/mol. The first-order chi connectivity index (χ1) is 10.1. The maximum absolute atomic E-state index is 11.8. The molecule has 0 radical (unpaired) electrons. The van der Waals surface area contributed by atoms with Gasteiger partial charge in [0.15, 0.2) is 0 Å². The second-order valence-electron chi connectivity index (χ2n) is 4.86. The van der Waals surface area contributed by atoms with E-state index in [1.807, 2.05) is 12.1 Å². The molecule has 0 N–H and O–H groups in total. The Bertz CT molecular complexity index is 910. The SMILES string of the molecule is CCOC(=O)c1ccc2c(=S)c3cc(C)ccc3sc2c1. The molecule has 3 rings (SSSR count). The number of hydrogen-bond acceptors (Lipinski definition) is 4. The van der Waals surface area contributed by atoms with Gasteiger partial charge in [-0.05, 0) is 38.1 Å². The molecule has 1 heterocycles. The number of esters is 1. The van der Waals surface area contributed by atoms with Gasteiger partial charge in [0.1, 0.15) is 0 Å². The summed E-state index contributed by atoms with van der Waals surface area (Å²) in [5.41, 5.74) is 1.77. The van der Waals surface area contributed by atoms with Gasteiger partial charge in [-0.25, -0.2) is 4.79 Å². The summed E-state index contributed by atoms with van der Waals surface area (Å²) in [6, 6.07) is 11.9. The van der Waals surface area contributed by atoms with Crippen molar-refractivity contribution in [2.75, 3.05) is 6.61 Å². The Morgan fingerprint density at radius 2 is 1.95 bits per heavy atom. The summed E-state index contributed by atoms with van der Waals surface area (Å²) in [5, 5.41) is 2.12. The Morgan fingerprint density at radius 1 is 1.14 bits per heavy atom. The minimum atomic E-state index is -0.290. The molecule has 4 heteroatoms. The zero-order valence-electron chi connectivity index (χ0n) is 11.8. The number of carbonyl (C=O) groups is 1. The molecule has 0 fully saturated rings. The van der Waals surface area contributed by atoms with E-state index in [0.717, 1.165) is 24.7 Å². The fourth-order valence-corrected chi connectivity index (χ4v) is 3.90. The summed E-state index contributed by atoms with van der Waals surface area (Å²) >= 11 is 7.26. The number of ether oxygens (including phenoxy) is 1. The highest BCUT2D eigenvalue weighted by Gasteiger charge is 2.09. The van der Waals surface area contributed by atoms with Gasteiger partial charge in [-0.2, -0.15) is 0 Å².